The highest BCUT2D eigenvalue weighted by Gasteiger charge is 2.27. The van der Waals surface area contributed by atoms with E-state index < -0.39 is 10.0 Å². The van der Waals surface area contributed by atoms with E-state index in [1.54, 1.807) is 42.7 Å². The molecule has 1 aromatic heterocycles. The molecule has 0 N–H and O–H groups in total. The van der Waals surface area contributed by atoms with Gasteiger partial charge in [0.2, 0.25) is 10.0 Å². The Kier molecular flexibility index (Phi) is 5.13. The molecule has 0 aliphatic carbocycles. The first-order valence-electron chi connectivity index (χ1n) is 6.57. The zero-order valence-corrected chi connectivity index (χ0v) is 14.3. The fourth-order valence-corrected chi connectivity index (χ4v) is 3.85. The van der Waals surface area contributed by atoms with Gasteiger partial charge in [-0.1, -0.05) is 22.0 Å². The number of hydrogen-bond acceptors (Lipinski definition) is 3. The second-order valence-corrected chi connectivity index (χ2v) is 7.77. The van der Waals surface area contributed by atoms with Gasteiger partial charge in [0.1, 0.15) is 0 Å². The molecule has 0 atom stereocenters. The smallest absolute Gasteiger partial charge is 0.243 e. The summed E-state index contributed by atoms with van der Waals surface area (Å²) in [7, 11) is -3.53. The average Bonchev–Trinajstić information content (AvgIpc) is 2.46. The fourth-order valence-electron chi connectivity index (χ4n) is 1.96. The molecule has 6 heteroatoms. The van der Waals surface area contributed by atoms with Crippen LogP contribution in [0.1, 0.15) is 19.4 Å². The summed E-state index contributed by atoms with van der Waals surface area (Å²) in [4.78, 5) is 4.33. The van der Waals surface area contributed by atoms with Gasteiger partial charge in [-0.25, -0.2) is 8.42 Å². The van der Waals surface area contributed by atoms with Crippen molar-refractivity contribution in [3.05, 3.63) is 58.8 Å². The van der Waals surface area contributed by atoms with Crippen molar-refractivity contribution in [1.82, 2.24) is 9.29 Å². The fraction of sp³-hybridized carbons (Fsp3) is 0.267. The maximum absolute atomic E-state index is 12.8. The largest absolute Gasteiger partial charge is 0.264 e. The van der Waals surface area contributed by atoms with Crippen LogP contribution in [0.3, 0.4) is 0 Å². The molecule has 1 aromatic carbocycles. The lowest BCUT2D eigenvalue weighted by Gasteiger charge is -2.26. The predicted molar refractivity (Wildman–Crippen MR) is 86.2 cm³/mol. The molecule has 112 valence electrons. The van der Waals surface area contributed by atoms with Crippen LogP contribution in [0, 0.1) is 0 Å². The van der Waals surface area contributed by atoms with Gasteiger partial charge in [-0.2, -0.15) is 4.31 Å². The van der Waals surface area contributed by atoms with Crippen molar-refractivity contribution in [2.75, 3.05) is 0 Å². The third kappa shape index (κ3) is 3.90. The molecule has 0 saturated carbocycles. The number of aromatic nitrogens is 1. The molecular weight excluding hydrogens is 352 g/mol. The minimum atomic E-state index is -3.53. The third-order valence-corrected chi connectivity index (χ3v) is 5.62. The predicted octanol–water partition coefficient (Wildman–Crippen LogP) is 3.44. The first kappa shape index (κ1) is 16.1. The minimum absolute atomic E-state index is 0.140. The van der Waals surface area contributed by atoms with Gasteiger partial charge in [-0.15, -0.1) is 0 Å². The Morgan fingerprint density at radius 2 is 1.86 bits per heavy atom. The van der Waals surface area contributed by atoms with Crippen LogP contribution in [-0.4, -0.2) is 23.7 Å². The molecule has 0 radical (unpaired) electrons. The van der Waals surface area contributed by atoms with Gasteiger partial charge in [-0.3, -0.25) is 4.98 Å². The third-order valence-electron chi connectivity index (χ3n) is 3.06. The summed E-state index contributed by atoms with van der Waals surface area (Å²) in [5.41, 5.74) is 0.867. The topological polar surface area (TPSA) is 50.3 Å². The number of pyridine rings is 1. The Bertz CT molecular complexity index is 685. The summed E-state index contributed by atoms with van der Waals surface area (Å²) in [6.07, 6.45) is 3.36. The maximum Gasteiger partial charge on any atom is 0.243 e. The molecule has 0 aliphatic heterocycles. The summed E-state index contributed by atoms with van der Waals surface area (Å²) in [5, 5.41) is 0. The zero-order chi connectivity index (χ0) is 15.5. The summed E-state index contributed by atoms with van der Waals surface area (Å²) in [6.45, 7) is 4.05. The number of hydrogen-bond donors (Lipinski definition) is 0. The van der Waals surface area contributed by atoms with Crippen LogP contribution in [0.15, 0.2) is 58.2 Å². The SMILES string of the molecule is CC(C)N(Cc1cccnc1)S(=O)(=O)c1ccc(Br)cc1. The van der Waals surface area contributed by atoms with Gasteiger partial charge in [-0.05, 0) is 49.7 Å². The molecule has 0 unspecified atom stereocenters. The zero-order valence-electron chi connectivity index (χ0n) is 11.9. The summed E-state index contributed by atoms with van der Waals surface area (Å²) in [6, 6.07) is 10.2. The molecule has 4 nitrogen and oxygen atoms in total. The quantitative estimate of drug-likeness (QED) is 0.811. The number of nitrogens with zero attached hydrogens (tertiary/aromatic N) is 2. The van der Waals surface area contributed by atoms with Gasteiger partial charge in [0.25, 0.3) is 0 Å². The Labute approximate surface area is 134 Å². The van der Waals surface area contributed by atoms with Crippen molar-refractivity contribution in [1.29, 1.82) is 0 Å². The average molecular weight is 369 g/mol. The lowest BCUT2D eigenvalue weighted by atomic mass is 10.2. The summed E-state index contributed by atoms with van der Waals surface area (Å²) < 4.78 is 27.9. The molecule has 21 heavy (non-hydrogen) atoms. The van der Waals surface area contributed by atoms with Crippen molar-refractivity contribution in [2.24, 2.45) is 0 Å². The van der Waals surface area contributed by atoms with Gasteiger partial charge < -0.3 is 0 Å². The van der Waals surface area contributed by atoms with E-state index in [4.69, 9.17) is 0 Å². The van der Waals surface area contributed by atoms with Crippen LogP contribution in [0.4, 0.5) is 0 Å². The Hall–Kier alpha value is -1.24. The molecule has 0 aliphatic rings. The van der Waals surface area contributed by atoms with Crippen LogP contribution in [0.2, 0.25) is 0 Å². The molecule has 2 rings (SSSR count). The minimum Gasteiger partial charge on any atom is -0.264 e. The van der Waals surface area contributed by atoms with Gasteiger partial charge in [0.05, 0.1) is 4.90 Å². The van der Waals surface area contributed by atoms with Gasteiger partial charge in [0.15, 0.2) is 0 Å². The molecule has 0 spiro atoms. The molecule has 0 bridgehead atoms. The second kappa shape index (κ2) is 6.68. The maximum atomic E-state index is 12.8. The highest BCUT2D eigenvalue weighted by atomic mass is 79.9. The normalized spacial score (nSPS) is 12.0. The van der Waals surface area contributed by atoms with E-state index in [2.05, 4.69) is 20.9 Å². The van der Waals surface area contributed by atoms with E-state index >= 15 is 0 Å². The van der Waals surface area contributed by atoms with E-state index in [0.717, 1.165) is 10.0 Å². The van der Waals surface area contributed by atoms with E-state index in [1.165, 1.54) is 4.31 Å². The Balaban J connectivity index is 2.35. The van der Waals surface area contributed by atoms with Crippen molar-refractivity contribution < 1.29 is 8.42 Å². The van der Waals surface area contributed by atoms with E-state index in [0.29, 0.717) is 11.4 Å². The standard InChI is InChI=1S/C15H17BrN2O2S/c1-12(2)18(11-13-4-3-9-17-10-13)21(19,20)15-7-5-14(16)6-8-15/h3-10,12H,11H2,1-2H3. The molecule has 0 fully saturated rings. The van der Waals surface area contributed by atoms with Crippen LogP contribution < -0.4 is 0 Å². The van der Waals surface area contributed by atoms with Crippen molar-refractivity contribution >= 4 is 26.0 Å². The van der Waals surface area contributed by atoms with Crippen LogP contribution in [-0.2, 0) is 16.6 Å². The monoisotopic (exact) mass is 368 g/mol. The Morgan fingerprint density at radius 3 is 2.38 bits per heavy atom. The first-order valence-corrected chi connectivity index (χ1v) is 8.81. The van der Waals surface area contributed by atoms with Crippen LogP contribution >= 0.6 is 15.9 Å². The van der Waals surface area contributed by atoms with Gasteiger partial charge >= 0.3 is 0 Å². The van der Waals surface area contributed by atoms with Crippen LogP contribution in [0.25, 0.3) is 0 Å². The van der Waals surface area contributed by atoms with Crippen molar-refractivity contribution in [3.8, 4) is 0 Å². The van der Waals surface area contributed by atoms with E-state index in [9.17, 15) is 8.42 Å². The number of rotatable bonds is 5. The number of halogens is 1. The molecule has 1 heterocycles. The molecule has 2 aromatic rings. The van der Waals surface area contributed by atoms with Crippen molar-refractivity contribution in [3.63, 3.8) is 0 Å². The van der Waals surface area contributed by atoms with Crippen LogP contribution in [0.5, 0.6) is 0 Å². The molecule has 0 saturated heterocycles. The van der Waals surface area contributed by atoms with Crippen molar-refractivity contribution in [2.45, 2.75) is 31.3 Å². The number of benzene rings is 1. The summed E-state index contributed by atoms with van der Waals surface area (Å²) in [5.74, 6) is 0. The highest BCUT2D eigenvalue weighted by Crippen LogP contribution is 2.22. The number of sulfonamides is 1. The molecule has 0 amide bonds. The lowest BCUT2D eigenvalue weighted by molar-refractivity contribution is 0.347. The Morgan fingerprint density at radius 1 is 1.19 bits per heavy atom. The lowest BCUT2D eigenvalue weighted by Crippen LogP contribution is -2.36. The highest BCUT2D eigenvalue weighted by molar-refractivity contribution is 9.10. The second-order valence-electron chi connectivity index (χ2n) is 4.96. The van der Waals surface area contributed by atoms with Gasteiger partial charge in [0, 0.05) is 29.5 Å². The molecular formula is C15H17BrN2O2S. The summed E-state index contributed by atoms with van der Waals surface area (Å²) >= 11 is 3.32. The first-order chi connectivity index (χ1) is 9.91. The van der Waals surface area contributed by atoms with E-state index in [1.807, 2.05) is 19.9 Å². The van der Waals surface area contributed by atoms with E-state index in [-0.39, 0.29) is 6.04 Å².